The summed E-state index contributed by atoms with van der Waals surface area (Å²) in [6, 6.07) is 9.10. The van der Waals surface area contributed by atoms with E-state index in [1.165, 1.54) is 18.2 Å². The average molecular weight is 290 g/mol. The van der Waals surface area contributed by atoms with Crippen molar-refractivity contribution in [2.24, 2.45) is 0 Å². The molecule has 3 rings (SSSR count). The molecule has 0 amide bonds. The van der Waals surface area contributed by atoms with Crippen molar-refractivity contribution < 1.29 is 18.6 Å². The van der Waals surface area contributed by atoms with E-state index < -0.39 is 17.7 Å². The van der Waals surface area contributed by atoms with Crippen LogP contribution in [0.1, 0.15) is 29.7 Å². The number of hydrogen-bond acceptors (Lipinski definition) is 2. The van der Waals surface area contributed by atoms with Gasteiger partial charge in [-0.2, -0.15) is 0 Å². The van der Waals surface area contributed by atoms with Crippen molar-refractivity contribution in [2.45, 2.75) is 32.0 Å². The van der Waals surface area contributed by atoms with Crippen LogP contribution in [0.4, 0.5) is 8.78 Å². The second-order valence-electron chi connectivity index (χ2n) is 5.42. The number of rotatable bonds is 3. The van der Waals surface area contributed by atoms with Crippen molar-refractivity contribution in [3.63, 3.8) is 0 Å². The number of hydrogen-bond donors (Lipinski definition) is 1. The summed E-state index contributed by atoms with van der Waals surface area (Å²) in [6.07, 6.45) is -0.133. The van der Waals surface area contributed by atoms with E-state index in [9.17, 15) is 13.9 Å². The lowest BCUT2D eigenvalue weighted by atomic mass is 9.98. The molecule has 110 valence electrons. The first-order valence-electron chi connectivity index (χ1n) is 6.95. The third-order valence-corrected chi connectivity index (χ3v) is 3.76. The first-order valence-corrected chi connectivity index (χ1v) is 6.95. The minimum Gasteiger partial charge on any atom is -0.490 e. The van der Waals surface area contributed by atoms with E-state index >= 15 is 0 Å². The minimum absolute atomic E-state index is 0.0879. The standard InChI is InChI=1S/C17H16F2O2/c1-10-7-12-8-11(5-6-17(12)21-10)16(20)9-13-14(18)3-2-4-15(13)19/h2-6,8,10,16,20H,7,9H2,1H3. The highest BCUT2D eigenvalue weighted by molar-refractivity contribution is 5.41. The van der Waals surface area contributed by atoms with Crippen LogP contribution in [-0.4, -0.2) is 11.2 Å². The molecular weight excluding hydrogens is 274 g/mol. The van der Waals surface area contributed by atoms with Crippen molar-refractivity contribution in [3.8, 4) is 5.75 Å². The predicted molar refractivity (Wildman–Crippen MR) is 75.3 cm³/mol. The molecule has 0 fully saturated rings. The van der Waals surface area contributed by atoms with Crippen LogP contribution in [0.25, 0.3) is 0 Å². The molecule has 2 unspecified atom stereocenters. The highest BCUT2D eigenvalue weighted by Crippen LogP contribution is 2.32. The molecule has 0 bridgehead atoms. The molecule has 2 aromatic rings. The van der Waals surface area contributed by atoms with E-state index in [-0.39, 0.29) is 18.1 Å². The highest BCUT2D eigenvalue weighted by atomic mass is 19.1. The molecule has 0 saturated heterocycles. The van der Waals surface area contributed by atoms with E-state index in [1.54, 1.807) is 12.1 Å². The van der Waals surface area contributed by atoms with E-state index in [0.29, 0.717) is 5.56 Å². The van der Waals surface area contributed by atoms with Gasteiger partial charge in [0.25, 0.3) is 0 Å². The molecule has 1 heterocycles. The van der Waals surface area contributed by atoms with Crippen LogP contribution < -0.4 is 4.74 Å². The smallest absolute Gasteiger partial charge is 0.129 e. The monoisotopic (exact) mass is 290 g/mol. The van der Waals surface area contributed by atoms with Gasteiger partial charge in [0.1, 0.15) is 23.5 Å². The second-order valence-corrected chi connectivity index (χ2v) is 5.42. The highest BCUT2D eigenvalue weighted by Gasteiger charge is 2.21. The summed E-state index contributed by atoms with van der Waals surface area (Å²) < 4.78 is 32.8. The average Bonchev–Trinajstić information content (AvgIpc) is 2.81. The molecule has 0 radical (unpaired) electrons. The summed E-state index contributed by atoms with van der Waals surface area (Å²) in [5, 5.41) is 10.2. The van der Waals surface area contributed by atoms with Crippen LogP contribution >= 0.6 is 0 Å². The lowest BCUT2D eigenvalue weighted by molar-refractivity contribution is 0.175. The van der Waals surface area contributed by atoms with Crippen LogP contribution in [-0.2, 0) is 12.8 Å². The summed E-state index contributed by atoms with van der Waals surface area (Å²) in [6.45, 7) is 1.98. The molecule has 2 atom stereocenters. The number of aliphatic hydroxyl groups excluding tert-OH is 1. The van der Waals surface area contributed by atoms with E-state index in [1.807, 2.05) is 13.0 Å². The molecule has 0 saturated carbocycles. The van der Waals surface area contributed by atoms with Gasteiger partial charge in [0, 0.05) is 18.4 Å². The first-order chi connectivity index (χ1) is 10.0. The normalized spacial score (nSPS) is 18.2. The van der Waals surface area contributed by atoms with Crippen molar-refractivity contribution in [1.29, 1.82) is 0 Å². The van der Waals surface area contributed by atoms with Crippen molar-refractivity contribution in [2.75, 3.05) is 0 Å². The van der Waals surface area contributed by atoms with Crippen molar-refractivity contribution in [3.05, 3.63) is 64.7 Å². The summed E-state index contributed by atoms with van der Waals surface area (Å²) in [7, 11) is 0. The summed E-state index contributed by atoms with van der Waals surface area (Å²) in [5.74, 6) is -0.449. The predicted octanol–water partition coefficient (Wildman–Crippen LogP) is 3.56. The van der Waals surface area contributed by atoms with Gasteiger partial charge in [-0.3, -0.25) is 0 Å². The largest absolute Gasteiger partial charge is 0.490 e. The fraction of sp³-hybridized carbons (Fsp3) is 0.294. The Hall–Kier alpha value is -1.94. The molecular formula is C17H16F2O2. The summed E-state index contributed by atoms with van der Waals surface area (Å²) in [4.78, 5) is 0. The number of fused-ring (bicyclic) bond motifs is 1. The molecule has 0 spiro atoms. The van der Waals surface area contributed by atoms with Gasteiger partial charge < -0.3 is 9.84 Å². The van der Waals surface area contributed by atoms with Gasteiger partial charge in [-0.1, -0.05) is 12.1 Å². The Labute approximate surface area is 122 Å². The van der Waals surface area contributed by atoms with Gasteiger partial charge in [0.15, 0.2) is 0 Å². The van der Waals surface area contributed by atoms with Gasteiger partial charge in [0.05, 0.1) is 6.10 Å². The number of halogens is 2. The van der Waals surface area contributed by atoms with E-state index in [2.05, 4.69) is 0 Å². The minimum atomic E-state index is -0.947. The maximum absolute atomic E-state index is 13.6. The Kier molecular flexibility index (Phi) is 3.64. The number of ether oxygens (including phenoxy) is 1. The third-order valence-electron chi connectivity index (χ3n) is 3.76. The van der Waals surface area contributed by atoms with Gasteiger partial charge >= 0.3 is 0 Å². The SMILES string of the molecule is CC1Cc2cc(C(O)Cc3c(F)cccc3F)ccc2O1. The zero-order chi connectivity index (χ0) is 15.0. The molecule has 0 aromatic heterocycles. The molecule has 21 heavy (non-hydrogen) atoms. The van der Waals surface area contributed by atoms with Crippen LogP contribution in [0.2, 0.25) is 0 Å². The fourth-order valence-corrected chi connectivity index (χ4v) is 2.69. The van der Waals surface area contributed by atoms with Crippen molar-refractivity contribution >= 4 is 0 Å². The zero-order valence-electron chi connectivity index (χ0n) is 11.6. The Bertz CT molecular complexity index is 650. The van der Waals surface area contributed by atoms with Crippen LogP contribution in [0.3, 0.4) is 0 Å². The topological polar surface area (TPSA) is 29.5 Å². The maximum Gasteiger partial charge on any atom is 0.129 e. The third kappa shape index (κ3) is 2.76. The van der Waals surface area contributed by atoms with Crippen LogP contribution in [0.15, 0.2) is 36.4 Å². The summed E-state index contributed by atoms with van der Waals surface area (Å²) in [5.41, 5.74) is 1.58. The van der Waals surface area contributed by atoms with Crippen molar-refractivity contribution in [1.82, 2.24) is 0 Å². The maximum atomic E-state index is 13.6. The van der Waals surface area contributed by atoms with E-state index in [0.717, 1.165) is 17.7 Å². The molecule has 4 heteroatoms. The summed E-state index contributed by atoms with van der Waals surface area (Å²) >= 11 is 0. The van der Waals surface area contributed by atoms with Crippen LogP contribution in [0, 0.1) is 11.6 Å². The second kappa shape index (κ2) is 5.45. The Morgan fingerprint density at radius 1 is 1.24 bits per heavy atom. The lowest BCUT2D eigenvalue weighted by Gasteiger charge is -2.13. The lowest BCUT2D eigenvalue weighted by Crippen LogP contribution is -2.06. The van der Waals surface area contributed by atoms with E-state index in [4.69, 9.17) is 4.74 Å². The zero-order valence-corrected chi connectivity index (χ0v) is 11.6. The van der Waals surface area contributed by atoms with Gasteiger partial charge in [-0.25, -0.2) is 8.78 Å². The Balaban J connectivity index is 1.83. The number of aliphatic hydroxyl groups is 1. The number of benzene rings is 2. The molecule has 1 aliphatic rings. The quantitative estimate of drug-likeness (QED) is 0.936. The first kappa shape index (κ1) is 14.0. The molecule has 1 N–H and O–H groups in total. The van der Waals surface area contributed by atoms with Crippen LogP contribution in [0.5, 0.6) is 5.75 Å². The molecule has 2 aromatic carbocycles. The Morgan fingerprint density at radius 2 is 1.95 bits per heavy atom. The van der Waals surface area contributed by atoms with Gasteiger partial charge in [-0.15, -0.1) is 0 Å². The van der Waals surface area contributed by atoms with Gasteiger partial charge in [0.2, 0.25) is 0 Å². The van der Waals surface area contributed by atoms with Gasteiger partial charge in [-0.05, 0) is 42.3 Å². The molecule has 0 aliphatic carbocycles. The Morgan fingerprint density at radius 3 is 2.67 bits per heavy atom. The molecule has 1 aliphatic heterocycles. The molecule has 2 nitrogen and oxygen atoms in total. The fourth-order valence-electron chi connectivity index (χ4n) is 2.69.